The molecule has 0 spiro atoms. The average molecular weight is 1010 g/mol. The zero-order chi connectivity index (χ0) is 53.9. The quantitative estimate of drug-likeness (QED) is 0.0257. The fourth-order valence-electron chi connectivity index (χ4n) is 5.85. The molecule has 0 radical (unpaired) electrons. The highest BCUT2D eigenvalue weighted by atomic mass is 16.4. The molecule has 0 aliphatic heterocycles. The van der Waals surface area contributed by atoms with E-state index in [0.29, 0.717) is 0 Å². The van der Waals surface area contributed by atoms with Gasteiger partial charge in [-0.25, -0.2) is 0 Å². The summed E-state index contributed by atoms with van der Waals surface area (Å²) in [6.07, 6.45) is 81.1. The summed E-state index contributed by atoms with van der Waals surface area (Å²) in [4.78, 5) is 30.9. The number of aliphatic carboxylic acids is 3. The molecular formula is C63H104O9. The molecule has 0 aromatic rings. The molecule has 0 fully saturated rings. The van der Waals surface area contributed by atoms with Gasteiger partial charge < -0.3 is 30.6 Å². The molecule has 0 unspecified atom stereocenters. The molecule has 0 aromatic carbocycles. The first-order chi connectivity index (χ1) is 35.1. The highest BCUT2D eigenvalue weighted by Crippen LogP contribution is 2.05. The SMILES string of the molecule is CCCCC/C=C\C/C=C\C/C=C\C/C=C\CCCC(=O)O.CCCCC/C=C\C/C=C\C/C=C\C/C=C\CCCC(=O)O.CCCCC/C=C\C/C=C\C/C=C\C/C=C\CCCC(=O)O.OCC(O)CO. The van der Waals surface area contributed by atoms with Crippen LogP contribution in [0.25, 0.3) is 0 Å². The standard InChI is InChI=1S/3C20H32O2.C3H8O3/c3*1-2-3-4-5-6-7-8-9-10-11-12-13-14-15-16-17-18-19-20(21)22;4-1-3(6)2-5/h3*6-7,9-10,12-13,15-16H,2-5,8,11,14,17-19H2,1H3,(H,21,22);3-6H,1-2H2/b3*7-6-,10-9-,13-12-,16-15-;. The van der Waals surface area contributed by atoms with Crippen LogP contribution in [0.15, 0.2) is 146 Å². The lowest BCUT2D eigenvalue weighted by atomic mass is 10.2. The van der Waals surface area contributed by atoms with E-state index < -0.39 is 24.0 Å². The third-order valence-electron chi connectivity index (χ3n) is 10.1. The summed E-state index contributed by atoms with van der Waals surface area (Å²) >= 11 is 0. The first-order valence-electron chi connectivity index (χ1n) is 27.5. The molecule has 0 heterocycles. The lowest BCUT2D eigenvalue weighted by molar-refractivity contribution is -0.138. The predicted molar refractivity (Wildman–Crippen MR) is 308 cm³/mol. The van der Waals surface area contributed by atoms with E-state index in [9.17, 15) is 14.4 Å². The summed E-state index contributed by atoms with van der Waals surface area (Å²) in [5.74, 6) is -2.14. The molecule has 6 N–H and O–H groups in total. The smallest absolute Gasteiger partial charge is 0.303 e. The molecule has 0 aliphatic carbocycles. The molecule has 0 saturated carbocycles. The molecular weight excluding hydrogens is 901 g/mol. The lowest BCUT2D eigenvalue weighted by Crippen LogP contribution is -2.15. The number of carboxylic acid groups (broad SMARTS) is 3. The summed E-state index contributed by atoms with van der Waals surface area (Å²) in [5.41, 5.74) is 0. The van der Waals surface area contributed by atoms with Crippen molar-refractivity contribution in [1.82, 2.24) is 0 Å². The molecule has 0 aliphatic rings. The maximum atomic E-state index is 10.3. The molecule has 0 aromatic heterocycles. The van der Waals surface area contributed by atoms with Gasteiger partial charge >= 0.3 is 17.9 Å². The van der Waals surface area contributed by atoms with Crippen LogP contribution in [0.3, 0.4) is 0 Å². The van der Waals surface area contributed by atoms with Gasteiger partial charge in [-0.15, -0.1) is 0 Å². The minimum absolute atomic E-state index is 0.262. The maximum absolute atomic E-state index is 10.3. The molecule has 72 heavy (non-hydrogen) atoms. The van der Waals surface area contributed by atoms with Gasteiger partial charge in [-0.3, -0.25) is 14.4 Å². The number of aliphatic hydroxyl groups is 3. The summed E-state index contributed by atoms with van der Waals surface area (Å²) in [6, 6.07) is 0. The molecule has 0 atom stereocenters. The molecule has 9 nitrogen and oxygen atoms in total. The normalized spacial score (nSPS) is 12.2. The third kappa shape index (κ3) is 85.1. The van der Waals surface area contributed by atoms with Crippen LogP contribution in [-0.4, -0.2) is 67.9 Å². The van der Waals surface area contributed by atoms with Gasteiger partial charge in [0.2, 0.25) is 0 Å². The number of carboxylic acids is 3. The largest absolute Gasteiger partial charge is 0.481 e. The zero-order valence-electron chi connectivity index (χ0n) is 45.5. The Morgan fingerprint density at radius 2 is 0.458 bits per heavy atom. The van der Waals surface area contributed by atoms with Gasteiger partial charge in [0, 0.05) is 19.3 Å². The Bertz CT molecular complexity index is 1350. The van der Waals surface area contributed by atoms with Crippen LogP contribution < -0.4 is 0 Å². The first-order valence-corrected chi connectivity index (χ1v) is 27.5. The predicted octanol–water partition coefficient (Wildman–Crippen LogP) is 17.0. The number of allylic oxidation sites excluding steroid dienone is 24. The second-order valence-corrected chi connectivity index (χ2v) is 17.1. The van der Waals surface area contributed by atoms with E-state index in [1.54, 1.807) is 0 Å². The van der Waals surface area contributed by atoms with Crippen molar-refractivity contribution in [3.63, 3.8) is 0 Å². The fraction of sp³-hybridized carbons (Fsp3) is 0.571. The zero-order valence-corrected chi connectivity index (χ0v) is 45.5. The van der Waals surface area contributed by atoms with E-state index in [1.807, 2.05) is 0 Å². The van der Waals surface area contributed by atoms with Crippen molar-refractivity contribution in [2.45, 2.75) is 219 Å². The van der Waals surface area contributed by atoms with Crippen molar-refractivity contribution in [1.29, 1.82) is 0 Å². The fourth-order valence-corrected chi connectivity index (χ4v) is 5.85. The molecule has 0 saturated heterocycles. The Hall–Kier alpha value is -4.83. The molecule has 9 heteroatoms. The van der Waals surface area contributed by atoms with Gasteiger partial charge in [0.25, 0.3) is 0 Å². The third-order valence-corrected chi connectivity index (χ3v) is 10.1. The number of hydrogen-bond acceptors (Lipinski definition) is 6. The summed E-state index contributed by atoms with van der Waals surface area (Å²) in [6.45, 7) is 5.96. The highest BCUT2D eigenvalue weighted by molar-refractivity contribution is 5.67. The second kappa shape index (κ2) is 70.4. The van der Waals surface area contributed by atoms with Gasteiger partial charge in [0.1, 0.15) is 6.10 Å². The van der Waals surface area contributed by atoms with Gasteiger partial charge in [0.05, 0.1) is 13.2 Å². The Balaban J connectivity index is -0.000000454. The van der Waals surface area contributed by atoms with E-state index in [2.05, 4.69) is 167 Å². The van der Waals surface area contributed by atoms with Crippen molar-refractivity contribution in [2.24, 2.45) is 0 Å². The van der Waals surface area contributed by atoms with Crippen LogP contribution in [0, 0.1) is 0 Å². The minimum atomic E-state index is -0.954. The van der Waals surface area contributed by atoms with Crippen LogP contribution in [0.1, 0.15) is 213 Å². The maximum Gasteiger partial charge on any atom is 0.303 e. The monoisotopic (exact) mass is 1000 g/mol. The van der Waals surface area contributed by atoms with E-state index >= 15 is 0 Å². The van der Waals surface area contributed by atoms with E-state index in [1.165, 1.54) is 77.0 Å². The van der Waals surface area contributed by atoms with Crippen LogP contribution in [0.2, 0.25) is 0 Å². The van der Waals surface area contributed by atoms with Crippen LogP contribution in [0.5, 0.6) is 0 Å². The van der Waals surface area contributed by atoms with Crippen molar-refractivity contribution in [3.8, 4) is 0 Å². The van der Waals surface area contributed by atoms with Crippen molar-refractivity contribution >= 4 is 17.9 Å². The van der Waals surface area contributed by atoms with E-state index in [-0.39, 0.29) is 32.5 Å². The summed E-state index contributed by atoms with van der Waals surface area (Å²) in [5, 5.41) is 49.5. The Kier molecular flexibility index (Phi) is 72.1. The van der Waals surface area contributed by atoms with Gasteiger partial charge in [-0.05, 0) is 135 Å². The number of aliphatic hydroxyl groups excluding tert-OH is 3. The van der Waals surface area contributed by atoms with Gasteiger partial charge in [-0.2, -0.15) is 0 Å². The number of hydrogen-bond donors (Lipinski definition) is 6. The van der Waals surface area contributed by atoms with Crippen molar-refractivity contribution in [3.05, 3.63) is 146 Å². The minimum Gasteiger partial charge on any atom is -0.481 e. The van der Waals surface area contributed by atoms with Gasteiger partial charge in [-0.1, -0.05) is 205 Å². The average Bonchev–Trinajstić information content (AvgIpc) is 3.36. The summed E-state index contributed by atoms with van der Waals surface area (Å²) < 4.78 is 0. The number of rotatable bonds is 44. The van der Waals surface area contributed by atoms with Crippen LogP contribution >= 0.6 is 0 Å². The molecule has 0 amide bonds. The Morgan fingerprint density at radius 3 is 0.597 bits per heavy atom. The number of carbonyl (C=O) groups is 3. The molecule has 410 valence electrons. The van der Waals surface area contributed by atoms with Crippen LogP contribution in [0.4, 0.5) is 0 Å². The van der Waals surface area contributed by atoms with Crippen molar-refractivity contribution < 1.29 is 45.0 Å². The topological polar surface area (TPSA) is 173 Å². The van der Waals surface area contributed by atoms with Crippen molar-refractivity contribution in [2.75, 3.05) is 13.2 Å². The Morgan fingerprint density at radius 1 is 0.292 bits per heavy atom. The van der Waals surface area contributed by atoms with E-state index in [4.69, 9.17) is 30.6 Å². The highest BCUT2D eigenvalue weighted by Gasteiger charge is 1.95. The Labute approximate surface area is 439 Å². The van der Waals surface area contributed by atoms with E-state index in [0.717, 1.165) is 96.3 Å². The first kappa shape index (κ1) is 73.7. The summed E-state index contributed by atoms with van der Waals surface area (Å²) in [7, 11) is 0. The number of unbranched alkanes of at least 4 members (excludes halogenated alkanes) is 12. The molecule has 0 rings (SSSR count). The van der Waals surface area contributed by atoms with Gasteiger partial charge in [0.15, 0.2) is 0 Å². The lowest BCUT2D eigenvalue weighted by Gasteiger charge is -1.96. The second-order valence-electron chi connectivity index (χ2n) is 17.1. The molecule has 0 bridgehead atoms. The van der Waals surface area contributed by atoms with Crippen LogP contribution in [-0.2, 0) is 14.4 Å².